The molecule has 84 valence electrons. The molecule has 0 saturated carbocycles. The van der Waals surface area contributed by atoms with Gasteiger partial charge in [-0.25, -0.2) is 4.68 Å². The Kier molecular flexibility index (Phi) is 3.57. The number of alkyl halides is 1. The zero-order chi connectivity index (χ0) is 11.7. The van der Waals surface area contributed by atoms with Gasteiger partial charge in [-0.15, -0.1) is 0 Å². The Morgan fingerprint density at radius 2 is 2.06 bits per heavy atom. The average Bonchev–Trinajstić information content (AvgIpc) is 2.59. The summed E-state index contributed by atoms with van der Waals surface area (Å²) in [6.45, 7) is 1.87. The summed E-state index contributed by atoms with van der Waals surface area (Å²) in [6.07, 6.45) is 1.77. The van der Waals surface area contributed by atoms with Gasteiger partial charge in [-0.05, 0) is 24.6 Å². The van der Waals surface area contributed by atoms with E-state index in [1.807, 2.05) is 25.1 Å². The van der Waals surface area contributed by atoms with E-state index in [4.69, 9.17) is 23.2 Å². The van der Waals surface area contributed by atoms with Crippen LogP contribution in [0.15, 0.2) is 24.4 Å². The molecule has 1 aromatic carbocycles. The number of rotatable bonds is 2. The predicted molar refractivity (Wildman–Crippen MR) is 71.0 cm³/mol. The fraction of sp³-hybridized carbons (Fsp3) is 0.182. The lowest BCUT2D eigenvalue weighted by atomic mass is 10.2. The van der Waals surface area contributed by atoms with Crippen molar-refractivity contribution in [3.05, 3.63) is 45.7 Å². The molecule has 2 rings (SSSR count). The van der Waals surface area contributed by atoms with E-state index < -0.39 is 0 Å². The minimum atomic E-state index is 0.653. The number of hydrogen-bond donors (Lipinski definition) is 0. The van der Waals surface area contributed by atoms with Gasteiger partial charge in [-0.3, -0.25) is 0 Å². The number of hydrogen-bond acceptors (Lipinski definition) is 1. The Hall–Kier alpha value is -0.510. The van der Waals surface area contributed by atoms with E-state index in [-0.39, 0.29) is 0 Å². The van der Waals surface area contributed by atoms with Gasteiger partial charge in [0.1, 0.15) is 0 Å². The topological polar surface area (TPSA) is 17.8 Å². The highest BCUT2D eigenvalue weighted by atomic mass is 79.9. The van der Waals surface area contributed by atoms with Gasteiger partial charge in [0, 0.05) is 16.5 Å². The largest absolute Gasteiger partial charge is 0.239 e. The number of nitrogens with zero attached hydrogens (tertiary/aromatic N) is 2. The van der Waals surface area contributed by atoms with E-state index in [9.17, 15) is 0 Å². The van der Waals surface area contributed by atoms with Crippen LogP contribution in [0.25, 0.3) is 5.69 Å². The first-order chi connectivity index (χ1) is 7.61. The Morgan fingerprint density at radius 3 is 2.56 bits per heavy atom. The minimum Gasteiger partial charge on any atom is -0.239 e. The molecule has 0 atom stereocenters. The second kappa shape index (κ2) is 4.78. The summed E-state index contributed by atoms with van der Waals surface area (Å²) in [4.78, 5) is 0. The lowest BCUT2D eigenvalue weighted by Crippen LogP contribution is -1.95. The van der Waals surface area contributed by atoms with E-state index in [1.165, 1.54) is 0 Å². The summed E-state index contributed by atoms with van der Waals surface area (Å²) in [5.41, 5.74) is 2.77. The fourth-order valence-corrected chi connectivity index (χ4v) is 2.38. The van der Waals surface area contributed by atoms with Crippen molar-refractivity contribution in [1.29, 1.82) is 0 Å². The predicted octanol–water partition coefficient (Wildman–Crippen LogP) is 4.38. The van der Waals surface area contributed by atoms with Crippen LogP contribution in [-0.4, -0.2) is 9.78 Å². The maximum Gasteiger partial charge on any atom is 0.0819 e. The van der Waals surface area contributed by atoms with E-state index in [0.29, 0.717) is 5.02 Å². The lowest BCUT2D eigenvalue weighted by Gasteiger charge is -2.04. The molecule has 0 fully saturated rings. The fourth-order valence-electron chi connectivity index (χ4n) is 1.36. The van der Waals surface area contributed by atoms with Crippen molar-refractivity contribution in [2.45, 2.75) is 12.3 Å². The zero-order valence-electron chi connectivity index (χ0n) is 8.54. The van der Waals surface area contributed by atoms with Crippen LogP contribution in [0.2, 0.25) is 10.0 Å². The third-order valence-electron chi connectivity index (χ3n) is 2.28. The lowest BCUT2D eigenvalue weighted by molar-refractivity contribution is 0.862. The molecular formula is C11H9BrCl2N2. The van der Waals surface area contributed by atoms with Gasteiger partial charge < -0.3 is 0 Å². The molecule has 0 N–H and O–H groups in total. The van der Waals surface area contributed by atoms with E-state index >= 15 is 0 Å². The molecule has 0 amide bonds. The van der Waals surface area contributed by atoms with Crippen molar-refractivity contribution in [1.82, 2.24) is 9.78 Å². The quantitative estimate of drug-likeness (QED) is 0.751. The highest BCUT2D eigenvalue weighted by Gasteiger charge is 2.06. The molecule has 2 aromatic rings. The molecule has 0 bridgehead atoms. The second-order valence-electron chi connectivity index (χ2n) is 3.42. The van der Waals surface area contributed by atoms with Gasteiger partial charge in [0.15, 0.2) is 0 Å². The third kappa shape index (κ3) is 2.26. The van der Waals surface area contributed by atoms with Crippen LogP contribution < -0.4 is 0 Å². The summed E-state index contributed by atoms with van der Waals surface area (Å²) in [5.74, 6) is 0. The van der Waals surface area contributed by atoms with Gasteiger partial charge in [-0.2, -0.15) is 5.10 Å². The number of benzene rings is 1. The summed E-state index contributed by atoms with van der Waals surface area (Å²) >= 11 is 15.5. The van der Waals surface area contributed by atoms with Crippen molar-refractivity contribution in [3.8, 4) is 5.69 Å². The van der Waals surface area contributed by atoms with Gasteiger partial charge in [0.05, 0.1) is 16.4 Å². The normalized spacial score (nSPS) is 10.8. The average molecular weight is 320 g/mol. The van der Waals surface area contributed by atoms with Crippen LogP contribution in [0.4, 0.5) is 0 Å². The van der Waals surface area contributed by atoms with Crippen molar-refractivity contribution < 1.29 is 0 Å². The van der Waals surface area contributed by atoms with Crippen molar-refractivity contribution in [2.24, 2.45) is 0 Å². The number of halogens is 3. The second-order valence-corrected chi connectivity index (χ2v) is 4.79. The molecule has 0 aliphatic heterocycles. The summed E-state index contributed by atoms with van der Waals surface area (Å²) in [7, 11) is 0. The van der Waals surface area contributed by atoms with Crippen molar-refractivity contribution in [2.75, 3.05) is 0 Å². The number of aryl methyl sites for hydroxylation is 1. The van der Waals surface area contributed by atoms with Gasteiger partial charge in [-0.1, -0.05) is 45.2 Å². The molecule has 16 heavy (non-hydrogen) atoms. The van der Waals surface area contributed by atoms with Gasteiger partial charge in [0.25, 0.3) is 0 Å². The van der Waals surface area contributed by atoms with Crippen LogP contribution in [0.3, 0.4) is 0 Å². The molecule has 1 heterocycles. The van der Waals surface area contributed by atoms with Crippen LogP contribution in [0.1, 0.15) is 11.3 Å². The van der Waals surface area contributed by atoms with Crippen LogP contribution in [0, 0.1) is 6.92 Å². The molecule has 1 aromatic heterocycles. The van der Waals surface area contributed by atoms with E-state index in [2.05, 4.69) is 21.0 Å². The smallest absolute Gasteiger partial charge is 0.0819 e. The standard InChI is InChI=1S/C11H9BrCl2N2/c1-7-11(14)6-16(15-7)9-3-2-8(5-12)10(13)4-9/h2-4,6H,5H2,1H3. The summed E-state index contributed by atoms with van der Waals surface area (Å²) in [5, 5.41) is 6.41. The van der Waals surface area contributed by atoms with Crippen LogP contribution >= 0.6 is 39.1 Å². The molecule has 0 radical (unpaired) electrons. The highest BCUT2D eigenvalue weighted by molar-refractivity contribution is 9.08. The number of aromatic nitrogens is 2. The summed E-state index contributed by atoms with van der Waals surface area (Å²) < 4.78 is 1.72. The first-order valence-electron chi connectivity index (χ1n) is 4.68. The molecule has 2 nitrogen and oxygen atoms in total. The SMILES string of the molecule is Cc1nn(-c2ccc(CBr)c(Cl)c2)cc1Cl. The van der Waals surface area contributed by atoms with Crippen molar-refractivity contribution in [3.63, 3.8) is 0 Å². The van der Waals surface area contributed by atoms with Crippen molar-refractivity contribution >= 4 is 39.1 Å². The van der Waals surface area contributed by atoms with E-state index in [0.717, 1.165) is 27.3 Å². The molecule has 5 heteroatoms. The minimum absolute atomic E-state index is 0.653. The van der Waals surface area contributed by atoms with Crippen LogP contribution in [-0.2, 0) is 5.33 Å². The molecular weight excluding hydrogens is 311 g/mol. The first kappa shape index (κ1) is 12.0. The van der Waals surface area contributed by atoms with Gasteiger partial charge in [0.2, 0.25) is 0 Å². The molecule has 0 aliphatic rings. The van der Waals surface area contributed by atoms with Crippen LogP contribution in [0.5, 0.6) is 0 Å². The van der Waals surface area contributed by atoms with E-state index in [1.54, 1.807) is 10.9 Å². The Labute approximate surface area is 112 Å². The highest BCUT2D eigenvalue weighted by Crippen LogP contribution is 2.23. The Morgan fingerprint density at radius 1 is 1.31 bits per heavy atom. The molecule has 0 spiro atoms. The first-order valence-corrected chi connectivity index (χ1v) is 6.56. The maximum atomic E-state index is 6.12. The molecule has 0 saturated heterocycles. The zero-order valence-corrected chi connectivity index (χ0v) is 11.6. The molecule has 0 unspecified atom stereocenters. The molecule has 0 aliphatic carbocycles. The maximum absolute atomic E-state index is 6.12. The Balaban J connectivity index is 2.45. The Bertz CT molecular complexity index is 503. The monoisotopic (exact) mass is 318 g/mol. The third-order valence-corrected chi connectivity index (χ3v) is 3.61. The van der Waals surface area contributed by atoms with Gasteiger partial charge >= 0.3 is 0 Å². The summed E-state index contributed by atoms with van der Waals surface area (Å²) in [6, 6.07) is 5.81.